The summed E-state index contributed by atoms with van der Waals surface area (Å²) in [5.41, 5.74) is 0.801. The number of ether oxygens (including phenoxy) is 1. The van der Waals surface area contributed by atoms with Crippen molar-refractivity contribution in [3.05, 3.63) is 56.0 Å². The molecule has 7 nitrogen and oxygen atoms in total. The van der Waals surface area contributed by atoms with E-state index in [4.69, 9.17) is 46.2 Å². The lowest BCUT2D eigenvalue weighted by Crippen LogP contribution is -2.45. The van der Waals surface area contributed by atoms with Crippen molar-refractivity contribution < 1.29 is 22.7 Å². The Labute approximate surface area is 219 Å². The number of nitrogens with zero attached hydrogens (tertiary/aromatic N) is 1. The number of H-pyrrole nitrogens is 1. The monoisotopic (exact) mass is 530 g/mol. The molecule has 1 aromatic heterocycles. The van der Waals surface area contributed by atoms with Crippen molar-refractivity contribution >= 4 is 36.5 Å². The Morgan fingerprint density at radius 2 is 1.83 bits per heavy atom. The van der Waals surface area contributed by atoms with Gasteiger partial charge in [0, 0.05) is 23.2 Å². The Hall–Kier alpha value is -1.51. The highest BCUT2D eigenvalue weighted by molar-refractivity contribution is 7.71. The Morgan fingerprint density at radius 3 is 2.44 bits per heavy atom. The third-order valence-corrected chi connectivity index (χ3v) is 7.75. The first-order valence-corrected chi connectivity index (χ1v) is 13.3. The summed E-state index contributed by atoms with van der Waals surface area (Å²) in [4.78, 5) is 14.0. The van der Waals surface area contributed by atoms with Gasteiger partial charge in [0.15, 0.2) is 4.77 Å². The highest BCUT2D eigenvalue weighted by Crippen LogP contribution is 2.54. The van der Waals surface area contributed by atoms with Crippen LogP contribution in [0.5, 0.6) is 5.75 Å². The second-order valence-electron chi connectivity index (χ2n) is 11.3. The van der Waals surface area contributed by atoms with Gasteiger partial charge < -0.3 is 13.8 Å². The van der Waals surface area contributed by atoms with Gasteiger partial charge in [-0.3, -0.25) is 18.9 Å². The van der Waals surface area contributed by atoms with Gasteiger partial charge in [-0.25, -0.2) is 4.39 Å². The molecule has 190 valence electrons. The Bertz CT molecular complexity index is 1270. The lowest BCUT2D eigenvalue weighted by Gasteiger charge is -2.38. The molecule has 2 aromatic rings. The molecule has 2 aliphatic heterocycles. The molecule has 3 unspecified atom stereocenters. The van der Waals surface area contributed by atoms with Crippen LogP contribution < -0.4 is 10.1 Å². The molecule has 0 amide bonds. The minimum absolute atomic E-state index is 0.0311. The second-order valence-corrected chi connectivity index (χ2v) is 12.8. The van der Waals surface area contributed by atoms with Crippen molar-refractivity contribution in [3.8, 4) is 5.75 Å². The smallest absolute Gasteiger partial charge is 0.396 e. The van der Waals surface area contributed by atoms with E-state index in [9.17, 15) is 4.79 Å². The first-order valence-electron chi connectivity index (χ1n) is 11.8. The van der Waals surface area contributed by atoms with Crippen molar-refractivity contribution in [1.29, 1.82) is 0 Å². The first kappa shape index (κ1) is 27.5. The lowest BCUT2D eigenvalue weighted by atomic mass is 9.61. The fraction of sp³-hybridized carbons (Fsp3) is 0.583. The number of aromatic nitrogens is 2. The summed E-state index contributed by atoms with van der Waals surface area (Å²) in [6.07, 6.45) is 1.44. The predicted octanol–water partition coefficient (Wildman–Crippen LogP) is 5.16. The zero-order chi connectivity index (χ0) is 26.6. The number of rotatable bonds is 4. The lowest BCUT2D eigenvalue weighted by molar-refractivity contribution is -0.0462. The van der Waals surface area contributed by atoms with Crippen LogP contribution in [0.1, 0.15) is 77.3 Å². The molecule has 3 atom stereocenters. The topological polar surface area (TPSA) is 74.7 Å². The standard InChI is InChI=1S/C24H30B2FN2O5PS/c1-22(2,3)14-11-15(23(4,5)6)20-13(19(14)27)12-31-35(33-20)34-24(25,26)16-7-8-18(32-16)29-10-9-17(30)28-21(29)36/h9-11,16,18H,7-8,12H2,1-6H3,(H,28,30,36). The number of benzene rings is 1. The van der Waals surface area contributed by atoms with E-state index in [0.717, 1.165) is 5.56 Å². The quantitative estimate of drug-likeness (QED) is 0.335. The summed E-state index contributed by atoms with van der Waals surface area (Å²) in [5.74, 6) is 0.0671. The average Bonchev–Trinajstić information content (AvgIpc) is 3.23. The number of hydrogen-bond acceptors (Lipinski definition) is 6. The molecule has 1 saturated heterocycles. The minimum Gasteiger partial charge on any atom is -0.426 e. The number of aromatic amines is 1. The number of hydrogen-bond donors (Lipinski definition) is 1. The van der Waals surface area contributed by atoms with Gasteiger partial charge in [-0.05, 0) is 47.5 Å². The van der Waals surface area contributed by atoms with Crippen LogP contribution in [0.15, 0.2) is 23.1 Å². The van der Waals surface area contributed by atoms with Crippen LogP contribution in [0.4, 0.5) is 4.39 Å². The molecular weight excluding hydrogens is 500 g/mol. The predicted molar refractivity (Wildman–Crippen MR) is 140 cm³/mol. The van der Waals surface area contributed by atoms with Crippen LogP contribution in [0.25, 0.3) is 0 Å². The average molecular weight is 530 g/mol. The van der Waals surface area contributed by atoms with Crippen LogP contribution in [-0.4, -0.2) is 36.7 Å². The maximum Gasteiger partial charge on any atom is 0.396 e. The van der Waals surface area contributed by atoms with Crippen LogP contribution in [0, 0.1) is 10.6 Å². The normalized spacial score (nSPS) is 22.8. The number of nitrogens with one attached hydrogen (secondary N) is 1. The van der Waals surface area contributed by atoms with E-state index in [-0.39, 0.29) is 28.2 Å². The van der Waals surface area contributed by atoms with E-state index in [2.05, 4.69) is 4.98 Å². The van der Waals surface area contributed by atoms with E-state index in [1.54, 1.807) is 10.8 Å². The Morgan fingerprint density at radius 1 is 1.17 bits per heavy atom. The van der Waals surface area contributed by atoms with E-state index < -0.39 is 31.7 Å². The fourth-order valence-electron chi connectivity index (χ4n) is 4.30. The van der Waals surface area contributed by atoms with Crippen molar-refractivity contribution in [2.24, 2.45) is 0 Å². The maximum atomic E-state index is 15.5. The molecule has 1 N–H and O–H groups in total. The molecule has 0 saturated carbocycles. The summed E-state index contributed by atoms with van der Waals surface area (Å²) in [7, 11) is 10.6. The van der Waals surface area contributed by atoms with Crippen molar-refractivity contribution in [2.75, 3.05) is 0 Å². The SMILES string of the molecule is [B]C([B])(OP1OCc2c(F)c(C(C)(C)C)cc(C(C)(C)C)c2O1)C1CCC(n2ccc(=O)[nH]c2=S)O1. The molecule has 36 heavy (non-hydrogen) atoms. The van der Waals surface area contributed by atoms with Crippen LogP contribution in [-0.2, 0) is 31.2 Å². The molecule has 2 aliphatic rings. The molecule has 1 fully saturated rings. The summed E-state index contributed by atoms with van der Waals surface area (Å²) in [6, 6.07) is 3.23. The molecule has 0 spiro atoms. The minimum atomic E-state index is -2.03. The van der Waals surface area contributed by atoms with Crippen molar-refractivity contribution in [1.82, 2.24) is 9.55 Å². The number of fused-ring (bicyclic) bond motifs is 1. The summed E-state index contributed by atoms with van der Waals surface area (Å²) >= 11 is 5.23. The van der Waals surface area contributed by atoms with Gasteiger partial charge in [-0.2, -0.15) is 0 Å². The zero-order valence-corrected chi connectivity index (χ0v) is 23.1. The maximum absolute atomic E-state index is 15.5. The van der Waals surface area contributed by atoms with E-state index in [0.29, 0.717) is 29.7 Å². The molecule has 4 radical (unpaired) electrons. The molecule has 4 rings (SSSR count). The zero-order valence-electron chi connectivity index (χ0n) is 21.4. The Balaban J connectivity index is 1.55. The highest BCUT2D eigenvalue weighted by atomic mass is 32.1. The first-order chi connectivity index (χ1) is 16.6. The molecular formula is C24H30B2FN2O5PS. The van der Waals surface area contributed by atoms with Gasteiger partial charge in [0.2, 0.25) is 0 Å². The number of halogens is 1. The van der Waals surface area contributed by atoms with Crippen LogP contribution in [0.2, 0.25) is 0 Å². The van der Waals surface area contributed by atoms with Gasteiger partial charge in [-0.1, -0.05) is 41.5 Å². The van der Waals surface area contributed by atoms with Crippen molar-refractivity contribution in [3.63, 3.8) is 0 Å². The molecule has 0 bridgehead atoms. The van der Waals surface area contributed by atoms with E-state index >= 15 is 4.39 Å². The Kier molecular flexibility index (Phi) is 7.39. The third-order valence-electron chi connectivity index (χ3n) is 6.30. The van der Waals surface area contributed by atoms with Gasteiger partial charge in [-0.15, -0.1) is 0 Å². The molecule has 1 aromatic carbocycles. The highest BCUT2D eigenvalue weighted by Gasteiger charge is 2.43. The third kappa shape index (κ3) is 5.51. The summed E-state index contributed by atoms with van der Waals surface area (Å²) in [5, 5.41) is -1.74. The fourth-order valence-corrected chi connectivity index (χ4v) is 5.68. The van der Waals surface area contributed by atoms with Crippen LogP contribution >= 0.6 is 20.8 Å². The van der Waals surface area contributed by atoms with E-state index in [1.807, 2.05) is 47.6 Å². The van der Waals surface area contributed by atoms with Gasteiger partial charge >= 0.3 is 8.60 Å². The van der Waals surface area contributed by atoms with Gasteiger partial charge in [0.05, 0.1) is 18.3 Å². The molecule has 0 aliphatic carbocycles. The van der Waals surface area contributed by atoms with Gasteiger partial charge in [0.1, 0.15) is 33.5 Å². The van der Waals surface area contributed by atoms with Crippen LogP contribution in [0.3, 0.4) is 0 Å². The van der Waals surface area contributed by atoms with Crippen molar-refractivity contribution in [2.45, 2.75) is 89.6 Å². The summed E-state index contributed by atoms with van der Waals surface area (Å²) < 4.78 is 41.1. The summed E-state index contributed by atoms with van der Waals surface area (Å²) in [6.45, 7) is 12.0. The van der Waals surface area contributed by atoms with E-state index in [1.165, 1.54) is 6.07 Å². The second kappa shape index (κ2) is 9.66. The molecule has 3 heterocycles. The van der Waals surface area contributed by atoms with Gasteiger partial charge in [0.25, 0.3) is 5.56 Å². The molecule has 12 heteroatoms. The largest absolute Gasteiger partial charge is 0.426 e.